The van der Waals surface area contributed by atoms with Gasteiger partial charge in [-0.25, -0.2) is 4.68 Å². The molecule has 1 aromatic heterocycles. The zero-order valence-electron chi connectivity index (χ0n) is 13.8. The van der Waals surface area contributed by atoms with Crippen molar-refractivity contribution in [3.05, 3.63) is 70.9 Å². The third-order valence-corrected chi connectivity index (χ3v) is 5.18. The van der Waals surface area contributed by atoms with Gasteiger partial charge < -0.3 is 10.1 Å². The Morgan fingerprint density at radius 3 is 2.85 bits per heavy atom. The van der Waals surface area contributed by atoms with Gasteiger partial charge in [0.15, 0.2) is 6.61 Å². The van der Waals surface area contributed by atoms with E-state index in [1.165, 1.54) is 0 Å². The van der Waals surface area contributed by atoms with Crippen LogP contribution in [0.5, 0.6) is 5.75 Å². The maximum Gasteiger partial charge on any atom is 0.263 e. The average molecular weight is 386 g/mol. The number of carbonyl (C=O) groups excluding carboxylic acids is 1. The third-order valence-electron chi connectivity index (χ3n) is 3.98. The van der Waals surface area contributed by atoms with Crippen LogP contribution < -0.4 is 10.1 Å². The number of hydrogen-bond acceptors (Lipinski definition) is 4. The molecule has 0 saturated carbocycles. The van der Waals surface area contributed by atoms with E-state index in [0.29, 0.717) is 16.6 Å². The smallest absolute Gasteiger partial charge is 0.263 e. The van der Waals surface area contributed by atoms with Crippen LogP contribution in [0, 0.1) is 0 Å². The number of halogens is 1. The minimum absolute atomic E-state index is 0.0628. The molecule has 3 aromatic rings. The number of amides is 1. The standard InChI is InChI=1S/C19H16ClN3O2S/c20-13-5-4-6-14(9-13)23-19(16-11-26-12-17(16)22-23)21-18(24)10-25-15-7-2-1-3-8-15/h1-9H,10-12H2,(H,21,24). The zero-order chi connectivity index (χ0) is 17.9. The number of anilines is 1. The molecule has 2 aromatic carbocycles. The van der Waals surface area contributed by atoms with Crippen molar-refractivity contribution in [2.75, 3.05) is 11.9 Å². The van der Waals surface area contributed by atoms with Crippen LogP contribution in [-0.2, 0) is 16.3 Å². The van der Waals surface area contributed by atoms with Crippen molar-refractivity contribution in [1.82, 2.24) is 9.78 Å². The number of ether oxygens (including phenoxy) is 1. The molecule has 1 aliphatic heterocycles. The molecule has 0 radical (unpaired) electrons. The quantitative estimate of drug-likeness (QED) is 0.711. The van der Waals surface area contributed by atoms with Gasteiger partial charge in [-0.15, -0.1) is 0 Å². The molecule has 1 N–H and O–H groups in total. The molecule has 2 heterocycles. The number of fused-ring (bicyclic) bond motifs is 1. The van der Waals surface area contributed by atoms with E-state index >= 15 is 0 Å². The molecule has 26 heavy (non-hydrogen) atoms. The molecule has 0 aliphatic carbocycles. The fourth-order valence-electron chi connectivity index (χ4n) is 2.77. The molecule has 4 rings (SSSR count). The summed E-state index contributed by atoms with van der Waals surface area (Å²) in [7, 11) is 0. The Balaban J connectivity index is 1.56. The average Bonchev–Trinajstić information content (AvgIpc) is 3.24. The van der Waals surface area contributed by atoms with Gasteiger partial charge in [-0.3, -0.25) is 4.79 Å². The topological polar surface area (TPSA) is 56.1 Å². The summed E-state index contributed by atoms with van der Waals surface area (Å²) in [5.41, 5.74) is 2.87. The second-order valence-electron chi connectivity index (χ2n) is 5.81. The minimum Gasteiger partial charge on any atom is -0.484 e. The van der Waals surface area contributed by atoms with Crippen molar-refractivity contribution in [3.63, 3.8) is 0 Å². The van der Waals surface area contributed by atoms with Gasteiger partial charge in [-0.2, -0.15) is 16.9 Å². The van der Waals surface area contributed by atoms with Gasteiger partial charge in [-0.1, -0.05) is 35.9 Å². The van der Waals surface area contributed by atoms with Gasteiger partial charge in [-0.05, 0) is 30.3 Å². The molecule has 0 saturated heterocycles. The molecule has 7 heteroatoms. The lowest BCUT2D eigenvalue weighted by Crippen LogP contribution is -2.22. The van der Waals surface area contributed by atoms with E-state index in [4.69, 9.17) is 16.3 Å². The van der Waals surface area contributed by atoms with E-state index in [9.17, 15) is 4.79 Å². The van der Waals surface area contributed by atoms with E-state index in [-0.39, 0.29) is 12.5 Å². The number of thioether (sulfide) groups is 1. The Morgan fingerprint density at radius 1 is 1.19 bits per heavy atom. The SMILES string of the molecule is O=C(COc1ccccc1)Nc1c2c(nn1-c1cccc(Cl)c1)CSC2. The number of aromatic nitrogens is 2. The molecular formula is C19H16ClN3O2S. The molecule has 0 spiro atoms. The zero-order valence-corrected chi connectivity index (χ0v) is 15.4. The van der Waals surface area contributed by atoms with Gasteiger partial charge in [0, 0.05) is 22.1 Å². The molecule has 1 amide bonds. The predicted octanol–water partition coefficient (Wildman–Crippen LogP) is 4.29. The predicted molar refractivity (Wildman–Crippen MR) is 104 cm³/mol. The fourth-order valence-corrected chi connectivity index (χ4v) is 3.99. The maximum absolute atomic E-state index is 12.4. The van der Waals surface area contributed by atoms with Crippen molar-refractivity contribution < 1.29 is 9.53 Å². The molecule has 0 unspecified atom stereocenters. The van der Waals surface area contributed by atoms with Gasteiger partial charge in [0.05, 0.1) is 11.4 Å². The number of nitrogens with zero attached hydrogens (tertiary/aromatic N) is 2. The number of benzene rings is 2. The van der Waals surface area contributed by atoms with Crippen LogP contribution in [0.1, 0.15) is 11.3 Å². The summed E-state index contributed by atoms with van der Waals surface area (Å²) in [5, 5.41) is 8.24. The first kappa shape index (κ1) is 17.0. The van der Waals surface area contributed by atoms with E-state index in [1.54, 1.807) is 16.4 Å². The first-order valence-corrected chi connectivity index (χ1v) is 9.66. The lowest BCUT2D eigenvalue weighted by Gasteiger charge is -2.12. The van der Waals surface area contributed by atoms with E-state index in [0.717, 1.165) is 28.5 Å². The van der Waals surface area contributed by atoms with Crippen LogP contribution in [0.4, 0.5) is 5.82 Å². The number of hydrogen-bond donors (Lipinski definition) is 1. The van der Waals surface area contributed by atoms with E-state index < -0.39 is 0 Å². The lowest BCUT2D eigenvalue weighted by molar-refractivity contribution is -0.118. The Labute approximate surface area is 160 Å². The number of carbonyl (C=O) groups is 1. The van der Waals surface area contributed by atoms with Crippen LogP contribution in [0.2, 0.25) is 5.02 Å². The van der Waals surface area contributed by atoms with E-state index in [1.807, 2.05) is 54.6 Å². The highest BCUT2D eigenvalue weighted by Gasteiger charge is 2.24. The highest BCUT2D eigenvalue weighted by Crippen LogP contribution is 2.36. The van der Waals surface area contributed by atoms with Gasteiger partial charge in [0.25, 0.3) is 5.91 Å². The Hall–Kier alpha value is -2.44. The first-order valence-electron chi connectivity index (χ1n) is 8.13. The molecule has 0 bridgehead atoms. The first-order chi connectivity index (χ1) is 12.7. The summed E-state index contributed by atoms with van der Waals surface area (Å²) in [6, 6.07) is 16.7. The van der Waals surface area contributed by atoms with Crippen LogP contribution in [-0.4, -0.2) is 22.3 Å². The summed E-state index contributed by atoms with van der Waals surface area (Å²) >= 11 is 7.90. The van der Waals surface area contributed by atoms with Crippen molar-refractivity contribution in [2.45, 2.75) is 11.5 Å². The second-order valence-corrected chi connectivity index (χ2v) is 7.23. The van der Waals surface area contributed by atoms with Crippen LogP contribution in [0.25, 0.3) is 5.69 Å². The van der Waals surface area contributed by atoms with Gasteiger partial charge >= 0.3 is 0 Å². The third kappa shape index (κ3) is 3.57. The van der Waals surface area contributed by atoms with Crippen molar-refractivity contribution in [3.8, 4) is 11.4 Å². The van der Waals surface area contributed by atoms with Crippen molar-refractivity contribution in [1.29, 1.82) is 0 Å². The molecule has 132 valence electrons. The second kappa shape index (κ2) is 7.43. The highest BCUT2D eigenvalue weighted by molar-refractivity contribution is 7.98. The van der Waals surface area contributed by atoms with E-state index in [2.05, 4.69) is 10.4 Å². The summed E-state index contributed by atoms with van der Waals surface area (Å²) in [6.07, 6.45) is 0. The number of nitrogens with one attached hydrogen (secondary N) is 1. The van der Waals surface area contributed by atoms with Crippen LogP contribution in [0.15, 0.2) is 54.6 Å². The van der Waals surface area contributed by atoms with Gasteiger partial charge in [0.2, 0.25) is 0 Å². The summed E-state index contributed by atoms with van der Waals surface area (Å²) in [4.78, 5) is 12.4. The monoisotopic (exact) mass is 385 g/mol. The molecule has 0 atom stereocenters. The highest BCUT2D eigenvalue weighted by atomic mass is 35.5. The van der Waals surface area contributed by atoms with Crippen LogP contribution >= 0.6 is 23.4 Å². The summed E-state index contributed by atoms with van der Waals surface area (Å²) in [5.74, 6) is 2.79. The Kier molecular flexibility index (Phi) is 4.86. The molecule has 5 nitrogen and oxygen atoms in total. The van der Waals surface area contributed by atoms with Gasteiger partial charge in [0.1, 0.15) is 11.6 Å². The van der Waals surface area contributed by atoms with Crippen LogP contribution in [0.3, 0.4) is 0 Å². The summed E-state index contributed by atoms with van der Waals surface area (Å²) in [6.45, 7) is -0.0628. The number of rotatable bonds is 5. The summed E-state index contributed by atoms with van der Waals surface area (Å²) < 4.78 is 7.28. The Bertz CT molecular complexity index is 943. The lowest BCUT2D eigenvalue weighted by atomic mass is 10.2. The molecule has 0 fully saturated rings. The fraction of sp³-hybridized carbons (Fsp3) is 0.158. The number of para-hydroxylation sites is 1. The molecular weight excluding hydrogens is 370 g/mol. The van der Waals surface area contributed by atoms with Crippen molar-refractivity contribution in [2.24, 2.45) is 0 Å². The molecule has 1 aliphatic rings. The minimum atomic E-state index is -0.225. The normalized spacial score (nSPS) is 12.7. The van der Waals surface area contributed by atoms with Crippen molar-refractivity contribution >= 4 is 35.1 Å². The Morgan fingerprint density at radius 2 is 2.04 bits per heavy atom. The maximum atomic E-state index is 12.4. The largest absolute Gasteiger partial charge is 0.484 e.